The van der Waals surface area contributed by atoms with Crippen LogP contribution >= 0.6 is 11.6 Å². The molecule has 0 bridgehead atoms. The van der Waals surface area contributed by atoms with Gasteiger partial charge in [-0.25, -0.2) is 5.90 Å². The highest BCUT2D eigenvalue weighted by molar-refractivity contribution is 6.33. The molecule has 3 aromatic carbocycles. The van der Waals surface area contributed by atoms with Crippen LogP contribution in [0.15, 0.2) is 72.8 Å². The molecule has 0 radical (unpaired) electrons. The van der Waals surface area contributed by atoms with Crippen LogP contribution in [0.3, 0.4) is 0 Å². The normalized spacial score (nSPS) is 13.0. The average Bonchev–Trinajstić information content (AvgIpc) is 3.45. The van der Waals surface area contributed by atoms with Crippen LogP contribution < -0.4 is 27.2 Å². The number of nitrogens with one attached hydrogen (secondary N) is 2. The van der Waals surface area contributed by atoms with E-state index >= 15 is 0 Å². The van der Waals surface area contributed by atoms with E-state index < -0.39 is 6.04 Å². The highest BCUT2D eigenvalue weighted by Gasteiger charge is 2.22. The van der Waals surface area contributed by atoms with E-state index in [0.29, 0.717) is 17.3 Å². The number of carbonyl (C=O) groups is 1. The third-order valence-corrected chi connectivity index (χ3v) is 5.83. The summed E-state index contributed by atoms with van der Waals surface area (Å²) in [6, 6.07) is 22.6. The monoisotopic (exact) mass is 497 g/mol. The van der Waals surface area contributed by atoms with Gasteiger partial charge in [0.1, 0.15) is 6.04 Å². The predicted octanol–water partition coefficient (Wildman–Crippen LogP) is 5.55. The Hall–Kier alpha value is -3.10. The van der Waals surface area contributed by atoms with Gasteiger partial charge in [-0.05, 0) is 54.3 Å². The molecule has 188 valence electrons. The zero-order valence-corrected chi connectivity index (χ0v) is 21.1. The minimum atomic E-state index is -0.564. The lowest BCUT2D eigenvalue weighted by molar-refractivity contribution is -0.117. The van der Waals surface area contributed by atoms with Crippen molar-refractivity contribution in [3.8, 4) is 0 Å². The minimum absolute atomic E-state index is 0.158. The van der Waals surface area contributed by atoms with E-state index in [1.165, 1.54) is 12.8 Å². The number of hydrogen-bond donors (Lipinski definition) is 5. The molecule has 1 unspecified atom stereocenters. The second kappa shape index (κ2) is 15.0. The van der Waals surface area contributed by atoms with Crippen molar-refractivity contribution in [3.05, 3.63) is 88.9 Å². The number of anilines is 3. The van der Waals surface area contributed by atoms with Gasteiger partial charge in [0.05, 0.1) is 10.7 Å². The molecule has 0 spiro atoms. The molecule has 0 aliphatic carbocycles. The zero-order chi connectivity index (χ0) is 25.6. The van der Waals surface area contributed by atoms with E-state index in [0.717, 1.165) is 35.6 Å². The maximum Gasteiger partial charge on any atom is 0.251 e. The smallest absolute Gasteiger partial charge is 0.251 e. The van der Waals surface area contributed by atoms with Crippen molar-refractivity contribution in [2.24, 2.45) is 11.6 Å². The Kier molecular flexibility index (Phi) is 12.1. The molecule has 1 aliphatic rings. The number of rotatable bonds is 7. The fourth-order valence-electron chi connectivity index (χ4n) is 3.91. The summed E-state index contributed by atoms with van der Waals surface area (Å²) in [7, 11) is 0. The first-order chi connectivity index (χ1) is 17.1. The Morgan fingerprint density at radius 3 is 2.29 bits per heavy atom. The molecule has 3 aromatic rings. The summed E-state index contributed by atoms with van der Waals surface area (Å²) in [5.41, 5.74) is 10.2. The van der Waals surface area contributed by atoms with E-state index in [2.05, 4.69) is 21.4 Å². The topological polar surface area (TPSA) is 117 Å². The summed E-state index contributed by atoms with van der Waals surface area (Å²) in [6.45, 7) is 6.49. The molecule has 1 heterocycles. The van der Waals surface area contributed by atoms with Crippen LogP contribution in [0, 0.1) is 0 Å². The second-order valence-electron chi connectivity index (χ2n) is 7.74. The van der Waals surface area contributed by atoms with Crippen molar-refractivity contribution in [1.29, 1.82) is 0 Å². The molecule has 1 amide bonds. The lowest BCUT2D eigenvalue weighted by Crippen LogP contribution is -2.27. The molecular weight excluding hydrogens is 462 g/mol. The molecule has 1 fully saturated rings. The standard InChI is InChI=1S/C25H27ClN4O.C2H6.H3NO/c26-22-16-21(11-12-23(22)30-13-4-5-14-30)29-25(31)24(19-8-2-1-3-9-19)28-20-10-6-7-18(15-20)17-27;2*1-2/h1-3,6-12,15-16,24,28H,4-5,13-14,17,27H2,(H,29,31);1-2H3;2H,1H2. The van der Waals surface area contributed by atoms with Crippen LogP contribution in [-0.2, 0) is 11.3 Å². The van der Waals surface area contributed by atoms with Crippen LogP contribution in [0.25, 0.3) is 0 Å². The summed E-state index contributed by atoms with van der Waals surface area (Å²) in [6.07, 6.45) is 2.37. The van der Waals surface area contributed by atoms with Crippen molar-refractivity contribution in [1.82, 2.24) is 0 Å². The zero-order valence-electron chi connectivity index (χ0n) is 20.4. The summed E-state index contributed by atoms with van der Waals surface area (Å²) in [4.78, 5) is 15.6. The van der Waals surface area contributed by atoms with Crippen LogP contribution in [0.1, 0.15) is 43.9 Å². The third kappa shape index (κ3) is 7.97. The first-order valence-corrected chi connectivity index (χ1v) is 12.2. The molecule has 1 saturated heterocycles. The Balaban J connectivity index is 0.00000103. The number of amides is 1. The van der Waals surface area contributed by atoms with Crippen LogP contribution in [-0.4, -0.2) is 24.2 Å². The first-order valence-electron chi connectivity index (χ1n) is 11.9. The highest BCUT2D eigenvalue weighted by atomic mass is 35.5. The van der Waals surface area contributed by atoms with E-state index in [1.54, 1.807) is 0 Å². The highest BCUT2D eigenvalue weighted by Crippen LogP contribution is 2.32. The van der Waals surface area contributed by atoms with Gasteiger partial charge in [-0.2, -0.15) is 0 Å². The van der Waals surface area contributed by atoms with E-state index in [4.69, 9.17) is 22.5 Å². The van der Waals surface area contributed by atoms with Crippen LogP contribution in [0.5, 0.6) is 0 Å². The maximum atomic E-state index is 13.3. The summed E-state index contributed by atoms with van der Waals surface area (Å²) < 4.78 is 0. The Morgan fingerprint density at radius 1 is 0.971 bits per heavy atom. The molecule has 7 nitrogen and oxygen atoms in total. The number of benzene rings is 3. The molecule has 4 rings (SSSR count). The number of nitrogens with zero attached hydrogens (tertiary/aromatic N) is 1. The lowest BCUT2D eigenvalue weighted by Gasteiger charge is -2.22. The summed E-state index contributed by atoms with van der Waals surface area (Å²) in [5.74, 6) is 3.34. The second-order valence-corrected chi connectivity index (χ2v) is 8.15. The molecule has 8 heteroatoms. The van der Waals surface area contributed by atoms with Gasteiger partial charge in [0.15, 0.2) is 0 Å². The van der Waals surface area contributed by atoms with E-state index in [1.807, 2.05) is 86.6 Å². The van der Waals surface area contributed by atoms with Gasteiger partial charge in [-0.15, -0.1) is 0 Å². The summed E-state index contributed by atoms with van der Waals surface area (Å²) in [5, 5.41) is 13.5. The Bertz CT molecular complexity index is 1040. The number of nitrogens with two attached hydrogens (primary N) is 2. The summed E-state index contributed by atoms with van der Waals surface area (Å²) >= 11 is 6.53. The van der Waals surface area contributed by atoms with Crippen molar-refractivity contribution < 1.29 is 10.0 Å². The fourth-order valence-corrected chi connectivity index (χ4v) is 4.21. The molecule has 1 atom stereocenters. The molecular formula is C27H36ClN5O2. The third-order valence-electron chi connectivity index (χ3n) is 5.53. The SMILES string of the molecule is CC.NCc1cccc(NC(C(=O)Nc2ccc(N3CCCC3)c(Cl)c2)c2ccccc2)c1.NO. The van der Waals surface area contributed by atoms with Gasteiger partial charge < -0.3 is 26.5 Å². The van der Waals surface area contributed by atoms with Gasteiger partial charge >= 0.3 is 0 Å². The number of halogens is 1. The molecule has 35 heavy (non-hydrogen) atoms. The number of carbonyl (C=O) groups excluding carboxylic acids is 1. The maximum absolute atomic E-state index is 13.3. The van der Waals surface area contributed by atoms with Gasteiger partial charge in [0.25, 0.3) is 5.91 Å². The average molecular weight is 498 g/mol. The van der Waals surface area contributed by atoms with Crippen molar-refractivity contribution in [2.45, 2.75) is 39.3 Å². The molecule has 0 aromatic heterocycles. The molecule has 1 aliphatic heterocycles. The van der Waals surface area contributed by atoms with Crippen molar-refractivity contribution >= 4 is 34.6 Å². The van der Waals surface area contributed by atoms with Gasteiger partial charge in [-0.1, -0.05) is 67.9 Å². The predicted molar refractivity (Wildman–Crippen MR) is 146 cm³/mol. The lowest BCUT2D eigenvalue weighted by atomic mass is 10.0. The fraction of sp³-hybridized carbons (Fsp3) is 0.296. The van der Waals surface area contributed by atoms with Crippen molar-refractivity contribution in [3.63, 3.8) is 0 Å². The van der Waals surface area contributed by atoms with E-state index in [-0.39, 0.29) is 5.91 Å². The first kappa shape index (κ1) is 28.1. The van der Waals surface area contributed by atoms with E-state index in [9.17, 15) is 4.79 Å². The van der Waals surface area contributed by atoms with Gasteiger partial charge in [-0.3, -0.25) is 4.79 Å². The molecule has 0 saturated carbocycles. The quantitative estimate of drug-likeness (QED) is 0.273. The number of hydrogen-bond acceptors (Lipinski definition) is 6. The Labute approximate surface area is 213 Å². The van der Waals surface area contributed by atoms with Crippen LogP contribution in [0.4, 0.5) is 17.1 Å². The largest absolute Gasteiger partial charge is 0.370 e. The van der Waals surface area contributed by atoms with Gasteiger partial charge in [0.2, 0.25) is 0 Å². The minimum Gasteiger partial charge on any atom is -0.370 e. The van der Waals surface area contributed by atoms with Gasteiger partial charge in [0, 0.05) is 31.0 Å². The van der Waals surface area contributed by atoms with Crippen molar-refractivity contribution in [2.75, 3.05) is 28.6 Å². The molecule has 7 N–H and O–H groups in total. The Morgan fingerprint density at radius 2 is 1.66 bits per heavy atom. The van der Waals surface area contributed by atoms with Crippen LogP contribution in [0.2, 0.25) is 5.02 Å².